The van der Waals surface area contributed by atoms with Crippen molar-refractivity contribution in [2.24, 2.45) is 0 Å². The van der Waals surface area contributed by atoms with E-state index in [2.05, 4.69) is 17.1 Å². The summed E-state index contributed by atoms with van der Waals surface area (Å²) in [5.74, 6) is -0.832. The van der Waals surface area contributed by atoms with Crippen LogP contribution in [0.3, 0.4) is 0 Å². The van der Waals surface area contributed by atoms with Crippen molar-refractivity contribution in [2.45, 2.75) is 52.6 Å². The molecule has 0 saturated carbocycles. The number of unbranched alkanes of at least 4 members (excludes halogenated alkanes) is 2. The summed E-state index contributed by atoms with van der Waals surface area (Å²) in [5.41, 5.74) is 0.754. The highest BCUT2D eigenvalue weighted by atomic mass is 19.4. The number of benzene rings is 1. The molecule has 0 aliphatic heterocycles. The number of rotatable bonds is 6. The van der Waals surface area contributed by atoms with Crippen LogP contribution in [0.15, 0.2) is 36.5 Å². The summed E-state index contributed by atoms with van der Waals surface area (Å²) in [7, 11) is 0. The predicted octanol–water partition coefficient (Wildman–Crippen LogP) is 5.13. The molecule has 0 atom stereocenters. The maximum absolute atomic E-state index is 13.9. The lowest BCUT2D eigenvalue weighted by Gasteiger charge is -2.12. The van der Waals surface area contributed by atoms with Crippen molar-refractivity contribution >= 4 is 5.91 Å². The van der Waals surface area contributed by atoms with Crippen molar-refractivity contribution in [1.29, 1.82) is 0 Å². The normalized spacial score (nSPS) is 11.8. The average Bonchev–Trinajstić information content (AvgIpc) is 3.25. The van der Waals surface area contributed by atoms with Crippen LogP contribution in [-0.4, -0.2) is 25.5 Å². The number of hydrogen-bond acceptors (Lipinski definition) is 3. The molecule has 0 bridgehead atoms. The Morgan fingerprint density at radius 3 is 2.41 bits per heavy atom. The number of carbonyl (C=O) groups is 1. The molecule has 0 aliphatic rings. The van der Waals surface area contributed by atoms with E-state index in [9.17, 15) is 18.0 Å². The fourth-order valence-corrected chi connectivity index (χ4v) is 3.44. The van der Waals surface area contributed by atoms with Crippen LogP contribution in [0.25, 0.3) is 5.69 Å². The van der Waals surface area contributed by atoms with Crippen molar-refractivity contribution in [3.05, 3.63) is 64.7 Å². The van der Waals surface area contributed by atoms with Crippen LogP contribution in [0.5, 0.6) is 0 Å². The number of aromatic nitrogens is 4. The summed E-state index contributed by atoms with van der Waals surface area (Å²) in [6, 6.07) is 7.93. The quantitative estimate of drug-likeness (QED) is 0.536. The van der Waals surface area contributed by atoms with Gasteiger partial charge in [0, 0.05) is 5.69 Å². The first-order valence-corrected chi connectivity index (χ1v) is 9.56. The van der Waals surface area contributed by atoms with Crippen LogP contribution in [0.4, 0.5) is 13.2 Å². The summed E-state index contributed by atoms with van der Waals surface area (Å²) in [5, 5.41) is 8.09. The van der Waals surface area contributed by atoms with Gasteiger partial charge in [-0.15, -0.1) is 0 Å². The summed E-state index contributed by atoms with van der Waals surface area (Å²) in [6.07, 6.45) is -0.00634. The maximum atomic E-state index is 13.9. The standard InChI is InChI=1S/C21H23F3N4O/c1-4-5-7-12-17-14(2)26-27(15(17)3)20(29)18-13-25-28(19(18)21(22,23)24)16-10-8-6-9-11-16/h6,8-11,13H,4-5,7,12H2,1-3H3. The van der Waals surface area contributed by atoms with Gasteiger partial charge in [-0.2, -0.15) is 23.4 Å². The molecule has 0 spiro atoms. The molecule has 0 amide bonds. The van der Waals surface area contributed by atoms with E-state index in [1.807, 2.05) is 0 Å². The Labute approximate surface area is 167 Å². The van der Waals surface area contributed by atoms with Crippen molar-refractivity contribution in [2.75, 3.05) is 0 Å². The van der Waals surface area contributed by atoms with E-state index in [-0.39, 0.29) is 5.69 Å². The lowest BCUT2D eigenvalue weighted by atomic mass is 10.1. The minimum absolute atomic E-state index is 0.229. The molecular weight excluding hydrogens is 381 g/mol. The number of para-hydroxylation sites is 1. The summed E-state index contributed by atoms with van der Waals surface area (Å²) < 4.78 is 43.4. The number of alkyl halides is 3. The molecule has 29 heavy (non-hydrogen) atoms. The zero-order chi connectivity index (χ0) is 21.2. The number of nitrogens with zero attached hydrogens (tertiary/aromatic N) is 4. The van der Waals surface area contributed by atoms with Gasteiger partial charge in [0.2, 0.25) is 0 Å². The molecule has 0 radical (unpaired) electrons. The largest absolute Gasteiger partial charge is 0.434 e. The highest BCUT2D eigenvalue weighted by Crippen LogP contribution is 2.34. The summed E-state index contributed by atoms with van der Waals surface area (Å²) in [6.45, 7) is 5.58. The fourth-order valence-electron chi connectivity index (χ4n) is 3.44. The Morgan fingerprint density at radius 2 is 1.79 bits per heavy atom. The van der Waals surface area contributed by atoms with Gasteiger partial charge in [-0.1, -0.05) is 38.0 Å². The number of carbonyl (C=O) groups excluding carboxylic acids is 1. The van der Waals surface area contributed by atoms with Gasteiger partial charge in [-0.3, -0.25) is 4.79 Å². The van der Waals surface area contributed by atoms with Gasteiger partial charge in [-0.25, -0.2) is 9.36 Å². The third-order valence-corrected chi connectivity index (χ3v) is 4.93. The van der Waals surface area contributed by atoms with Crippen LogP contribution >= 0.6 is 0 Å². The molecule has 3 rings (SSSR count). The third-order valence-electron chi connectivity index (χ3n) is 4.93. The lowest BCUT2D eigenvalue weighted by molar-refractivity contribution is -0.143. The second-order valence-corrected chi connectivity index (χ2v) is 6.98. The van der Waals surface area contributed by atoms with Gasteiger partial charge >= 0.3 is 6.18 Å². The first-order chi connectivity index (χ1) is 13.8. The second kappa shape index (κ2) is 8.23. The van der Waals surface area contributed by atoms with Crippen LogP contribution in [-0.2, 0) is 12.6 Å². The Morgan fingerprint density at radius 1 is 1.10 bits per heavy atom. The topological polar surface area (TPSA) is 52.7 Å². The minimum Gasteiger partial charge on any atom is -0.267 e. The van der Waals surface area contributed by atoms with E-state index in [1.165, 1.54) is 12.1 Å². The van der Waals surface area contributed by atoms with Gasteiger partial charge in [0.25, 0.3) is 5.91 Å². The van der Waals surface area contributed by atoms with E-state index in [0.717, 1.165) is 46.8 Å². The van der Waals surface area contributed by atoms with E-state index in [1.54, 1.807) is 32.0 Å². The van der Waals surface area contributed by atoms with E-state index >= 15 is 0 Å². The first-order valence-electron chi connectivity index (χ1n) is 9.56. The van der Waals surface area contributed by atoms with Crippen LogP contribution in [0.1, 0.15) is 59.2 Å². The molecule has 154 valence electrons. The Hall–Kier alpha value is -2.90. The zero-order valence-corrected chi connectivity index (χ0v) is 16.6. The average molecular weight is 404 g/mol. The highest BCUT2D eigenvalue weighted by molar-refractivity contribution is 5.97. The minimum atomic E-state index is -4.75. The summed E-state index contributed by atoms with van der Waals surface area (Å²) >= 11 is 0. The Balaban J connectivity index is 2.05. The highest BCUT2D eigenvalue weighted by Gasteiger charge is 2.41. The zero-order valence-electron chi connectivity index (χ0n) is 16.6. The molecule has 3 aromatic rings. The van der Waals surface area contributed by atoms with E-state index < -0.39 is 23.3 Å². The third kappa shape index (κ3) is 4.11. The van der Waals surface area contributed by atoms with Crippen molar-refractivity contribution in [3.8, 4) is 5.69 Å². The molecule has 2 aromatic heterocycles. The number of halogens is 3. The van der Waals surface area contributed by atoms with Gasteiger partial charge < -0.3 is 0 Å². The fraction of sp³-hybridized carbons (Fsp3) is 0.381. The molecule has 0 unspecified atom stereocenters. The van der Waals surface area contributed by atoms with E-state index in [4.69, 9.17) is 0 Å². The first kappa shape index (κ1) is 20.8. The number of hydrogen-bond donors (Lipinski definition) is 0. The van der Waals surface area contributed by atoms with Gasteiger partial charge in [0.15, 0.2) is 5.69 Å². The second-order valence-electron chi connectivity index (χ2n) is 6.98. The molecule has 0 saturated heterocycles. The molecule has 8 heteroatoms. The van der Waals surface area contributed by atoms with Crippen LogP contribution in [0, 0.1) is 13.8 Å². The lowest BCUT2D eigenvalue weighted by Crippen LogP contribution is -2.22. The molecule has 5 nitrogen and oxygen atoms in total. The number of aryl methyl sites for hydroxylation is 1. The van der Waals surface area contributed by atoms with Crippen LogP contribution < -0.4 is 0 Å². The SMILES string of the molecule is CCCCCc1c(C)nn(C(=O)c2cnn(-c3ccccc3)c2C(F)(F)F)c1C. The molecule has 0 N–H and O–H groups in total. The Kier molecular flexibility index (Phi) is 5.91. The van der Waals surface area contributed by atoms with Gasteiger partial charge in [-0.05, 0) is 44.4 Å². The van der Waals surface area contributed by atoms with Crippen molar-refractivity contribution in [3.63, 3.8) is 0 Å². The summed E-state index contributed by atoms with van der Waals surface area (Å²) in [4.78, 5) is 13.0. The van der Waals surface area contributed by atoms with Gasteiger partial charge in [0.05, 0.1) is 23.1 Å². The maximum Gasteiger partial charge on any atom is 0.434 e. The van der Waals surface area contributed by atoms with Crippen molar-refractivity contribution in [1.82, 2.24) is 19.6 Å². The molecule has 2 heterocycles. The van der Waals surface area contributed by atoms with Crippen molar-refractivity contribution < 1.29 is 18.0 Å². The Bertz CT molecular complexity index is 1000. The predicted molar refractivity (Wildman–Crippen MR) is 103 cm³/mol. The molecule has 0 aliphatic carbocycles. The van der Waals surface area contributed by atoms with Crippen LogP contribution in [0.2, 0.25) is 0 Å². The van der Waals surface area contributed by atoms with E-state index in [0.29, 0.717) is 11.4 Å². The molecular formula is C21H23F3N4O. The van der Waals surface area contributed by atoms with Gasteiger partial charge in [0.1, 0.15) is 0 Å². The molecule has 1 aromatic carbocycles. The molecule has 0 fully saturated rings. The monoisotopic (exact) mass is 404 g/mol. The smallest absolute Gasteiger partial charge is 0.267 e.